The maximum atomic E-state index is 12.6. The average Bonchev–Trinajstić information content (AvgIpc) is 3.31. The molecular weight excluding hydrogens is 444 g/mol. The third-order valence-corrected chi connectivity index (χ3v) is 5.71. The standard InChI is InChI=1S/C24H25ClN4O4/c1-31-20-9-5-17(21(15-20)32-2)6-10-23(30)29-13-11-28(12-14-29)16-22-26-24(27-33-22)18-3-7-19(25)8-4-18/h3-10,15H,11-14,16H2,1-2H3. The van der Waals surface area contributed by atoms with E-state index in [0.29, 0.717) is 47.9 Å². The Kier molecular flexibility index (Phi) is 7.26. The molecule has 1 fully saturated rings. The van der Waals surface area contributed by atoms with Gasteiger partial charge in [-0.25, -0.2) is 0 Å². The number of rotatable bonds is 7. The Morgan fingerprint density at radius 3 is 2.55 bits per heavy atom. The number of hydrogen-bond donors (Lipinski definition) is 0. The highest BCUT2D eigenvalue weighted by atomic mass is 35.5. The van der Waals surface area contributed by atoms with Gasteiger partial charge in [0.05, 0.1) is 20.8 Å². The first-order chi connectivity index (χ1) is 16.1. The van der Waals surface area contributed by atoms with Crippen LogP contribution >= 0.6 is 11.6 Å². The molecular formula is C24H25ClN4O4. The van der Waals surface area contributed by atoms with Crippen molar-refractivity contribution in [3.05, 3.63) is 65.0 Å². The second-order valence-electron chi connectivity index (χ2n) is 7.56. The molecule has 0 atom stereocenters. The van der Waals surface area contributed by atoms with Crippen molar-refractivity contribution in [1.82, 2.24) is 19.9 Å². The molecule has 0 bridgehead atoms. The minimum Gasteiger partial charge on any atom is -0.497 e. The van der Waals surface area contributed by atoms with Crippen molar-refractivity contribution >= 4 is 23.6 Å². The normalized spacial score (nSPS) is 14.6. The lowest BCUT2D eigenvalue weighted by Gasteiger charge is -2.33. The van der Waals surface area contributed by atoms with Crippen LogP contribution < -0.4 is 9.47 Å². The van der Waals surface area contributed by atoms with Crippen LogP contribution in [0, 0.1) is 0 Å². The Balaban J connectivity index is 1.30. The van der Waals surface area contributed by atoms with Crippen LogP contribution in [0.2, 0.25) is 5.02 Å². The van der Waals surface area contributed by atoms with Crippen LogP contribution in [0.3, 0.4) is 0 Å². The molecule has 8 nitrogen and oxygen atoms in total. The number of benzene rings is 2. The molecule has 0 aliphatic carbocycles. The van der Waals surface area contributed by atoms with Gasteiger partial charge in [0.2, 0.25) is 17.6 Å². The molecule has 2 heterocycles. The Hall–Kier alpha value is -3.36. The number of methoxy groups -OCH3 is 2. The van der Waals surface area contributed by atoms with E-state index >= 15 is 0 Å². The molecule has 0 radical (unpaired) electrons. The van der Waals surface area contributed by atoms with Gasteiger partial charge in [0, 0.05) is 54.5 Å². The largest absolute Gasteiger partial charge is 0.497 e. The average molecular weight is 469 g/mol. The SMILES string of the molecule is COc1ccc(C=CC(=O)N2CCN(Cc3nc(-c4ccc(Cl)cc4)no3)CC2)c(OC)c1. The van der Waals surface area contributed by atoms with E-state index in [0.717, 1.165) is 24.2 Å². The van der Waals surface area contributed by atoms with Crippen LogP contribution in [0.15, 0.2) is 53.1 Å². The summed E-state index contributed by atoms with van der Waals surface area (Å²) in [6.45, 7) is 3.25. The van der Waals surface area contributed by atoms with E-state index in [1.165, 1.54) is 0 Å². The number of amides is 1. The number of nitrogens with zero attached hydrogens (tertiary/aromatic N) is 4. The van der Waals surface area contributed by atoms with E-state index in [1.54, 1.807) is 44.6 Å². The minimum absolute atomic E-state index is 0.0321. The highest BCUT2D eigenvalue weighted by molar-refractivity contribution is 6.30. The molecule has 1 saturated heterocycles. The lowest BCUT2D eigenvalue weighted by molar-refractivity contribution is -0.127. The van der Waals surface area contributed by atoms with Crippen LogP contribution in [-0.2, 0) is 11.3 Å². The summed E-state index contributed by atoms with van der Waals surface area (Å²) in [6.07, 6.45) is 3.35. The third-order valence-electron chi connectivity index (χ3n) is 5.46. The predicted molar refractivity (Wildman–Crippen MR) is 125 cm³/mol. The zero-order valence-corrected chi connectivity index (χ0v) is 19.3. The molecule has 0 spiro atoms. The zero-order valence-electron chi connectivity index (χ0n) is 18.5. The number of aromatic nitrogens is 2. The molecule has 9 heteroatoms. The highest BCUT2D eigenvalue weighted by Gasteiger charge is 2.21. The number of piperazine rings is 1. The fraction of sp³-hybridized carbons (Fsp3) is 0.292. The fourth-order valence-corrected chi connectivity index (χ4v) is 3.70. The molecule has 1 aliphatic rings. The maximum Gasteiger partial charge on any atom is 0.246 e. The van der Waals surface area contributed by atoms with Crippen LogP contribution in [0.4, 0.5) is 0 Å². The minimum atomic E-state index is -0.0321. The van der Waals surface area contributed by atoms with E-state index in [-0.39, 0.29) is 5.91 Å². The zero-order chi connectivity index (χ0) is 23.2. The molecule has 4 rings (SSSR count). The quantitative estimate of drug-likeness (QED) is 0.488. The Morgan fingerprint density at radius 1 is 1.09 bits per heavy atom. The summed E-state index contributed by atoms with van der Waals surface area (Å²) < 4.78 is 16.0. The van der Waals surface area contributed by atoms with E-state index in [2.05, 4.69) is 15.0 Å². The Labute approximate surface area is 197 Å². The van der Waals surface area contributed by atoms with Crippen molar-refractivity contribution in [2.24, 2.45) is 0 Å². The van der Waals surface area contributed by atoms with Crippen molar-refractivity contribution in [1.29, 1.82) is 0 Å². The molecule has 0 N–H and O–H groups in total. The molecule has 3 aromatic rings. The third kappa shape index (κ3) is 5.71. The van der Waals surface area contributed by atoms with Gasteiger partial charge in [-0.1, -0.05) is 16.8 Å². The molecule has 2 aromatic carbocycles. The number of hydrogen-bond acceptors (Lipinski definition) is 7. The molecule has 0 saturated carbocycles. The summed E-state index contributed by atoms with van der Waals surface area (Å²) in [7, 11) is 3.19. The summed E-state index contributed by atoms with van der Waals surface area (Å²) in [5.41, 5.74) is 1.67. The van der Waals surface area contributed by atoms with Gasteiger partial charge in [0.1, 0.15) is 11.5 Å². The molecule has 0 unspecified atom stereocenters. The summed E-state index contributed by atoms with van der Waals surface area (Å²) in [5, 5.41) is 4.72. The van der Waals surface area contributed by atoms with E-state index in [1.807, 2.05) is 29.2 Å². The molecule has 172 valence electrons. The van der Waals surface area contributed by atoms with Gasteiger partial charge in [0.15, 0.2) is 0 Å². The molecule has 1 aliphatic heterocycles. The van der Waals surface area contributed by atoms with Crippen molar-refractivity contribution in [3.63, 3.8) is 0 Å². The molecule has 1 aromatic heterocycles. The van der Waals surface area contributed by atoms with Crippen molar-refractivity contribution < 1.29 is 18.8 Å². The van der Waals surface area contributed by atoms with Crippen molar-refractivity contribution in [2.45, 2.75) is 6.54 Å². The first-order valence-electron chi connectivity index (χ1n) is 10.6. The van der Waals surface area contributed by atoms with Crippen LogP contribution in [0.1, 0.15) is 11.5 Å². The number of ether oxygens (including phenoxy) is 2. The fourth-order valence-electron chi connectivity index (χ4n) is 3.58. The monoisotopic (exact) mass is 468 g/mol. The van der Waals surface area contributed by atoms with Gasteiger partial charge < -0.3 is 18.9 Å². The number of carbonyl (C=O) groups excluding carboxylic acids is 1. The smallest absolute Gasteiger partial charge is 0.246 e. The lowest BCUT2D eigenvalue weighted by Crippen LogP contribution is -2.47. The van der Waals surface area contributed by atoms with Gasteiger partial charge in [-0.2, -0.15) is 4.98 Å². The summed E-state index contributed by atoms with van der Waals surface area (Å²) in [6, 6.07) is 12.8. The molecule has 1 amide bonds. The number of halogens is 1. The van der Waals surface area contributed by atoms with Gasteiger partial charge in [-0.3, -0.25) is 9.69 Å². The van der Waals surface area contributed by atoms with Gasteiger partial charge in [0.25, 0.3) is 0 Å². The lowest BCUT2D eigenvalue weighted by atomic mass is 10.1. The van der Waals surface area contributed by atoms with Gasteiger partial charge in [-0.05, 0) is 42.5 Å². The summed E-state index contributed by atoms with van der Waals surface area (Å²) in [5.74, 6) is 2.41. The second-order valence-corrected chi connectivity index (χ2v) is 8.00. The van der Waals surface area contributed by atoms with Gasteiger partial charge in [-0.15, -0.1) is 0 Å². The first-order valence-corrected chi connectivity index (χ1v) is 10.9. The van der Waals surface area contributed by atoms with Crippen LogP contribution in [0.5, 0.6) is 11.5 Å². The van der Waals surface area contributed by atoms with E-state index in [9.17, 15) is 4.79 Å². The van der Waals surface area contributed by atoms with Crippen LogP contribution in [0.25, 0.3) is 17.5 Å². The number of carbonyl (C=O) groups is 1. The van der Waals surface area contributed by atoms with E-state index in [4.69, 9.17) is 25.6 Å². The predicted octanol–water partition coefficient (Wildman–Crippen LogP) is 3.76. The van der Waals surface area contributed by atoms with Crippen LogP contribution in [-0.4, -0.2) is 66.2 Å². The summed E-state index contributed by atoms with van der Waals surface area (Å²) in [4.78, 5) is 21.1. The van der Waals surface area contributed by atoms with E-state index < -0.39 is 0 Å². The molecule has 33 heavy (non-hydrogen) atoms. The topological polar surface area (TPSA) is 80.9 Å². The second kappa shape index (κ2) is 10.5. The van der Waals surface area contributed by atoms with Gasteiger partial charge >= 0.3 is 0 Å². The first kappa shape index (κ1) is 22.8. The van der Waals surface area contributed by atoms with Crippen molar-refractivity contribution in [3.8, 4) is 22.9 Å². The maximum absolute atomic E-state index is 12.6. The Bertz CT molecular complexity index is 1120. The Morgan fingerprint density at radius 2 is 1.85 bits per heavy atom. The highest BCUT2D eigenvalue weighted by Crippen LogP contribution is 2.25. The van der Waals surface area contributed by atoms with Crippen molar-refractivity contribution in [2.75, 3.05) is 40.4 Å². The summed E-state index contributed by atoms with van der Waals surface area (Å²) >= 11 is 5.93.